The van der Waals surface area contributed by atoms with Crippen molar-refractivity contribution >= 4 is 28.3 Å². The van der Waals surface area contributed by atoms with Gasteiger partial charge in [-0.15, -0.1) is 11.3 Å². The summed E-state index contributed by atoms with van der Waals surface area (Å²) in [6.45, 7) is 11.2. The minimum Gasteiger partial charge on any atom is -0.350 e. The summed E-state index contributed by atoms with van der Waals surface area (Å²) in [6, 6.07) is 5.22. The van der Waals surface area contributed by atoms with Gasteiger partial charge in [-0.25, -0.2) is 9.67 Å². The number of fused-ring (bicyclic) bond motifs is 1. The highest BCUT2D eigenvalue weighted by atomic mass is 32.1. The number of carbonyl (C=O) groups excluding carboxylic acids is 1. The van der Waals surface area contributed by atoms with Crippen molar-refractivity contribution in [1.82, 2.24) is 25.0 Å². The maximum atomic E-state index is 13.2. The first kappa shape index (κ1) is 21.0. The minimum absolute atomic E-state index is 0.0624. The molecule has 3 aromatic rings. The number of carbonyl (C=O) groups is 1. The second-order valence-electron chi connectivity index (χ2n) is 8.76. The van der Waals surface area contributed by atoms with Gasteiger partial charge in [-0.3, -0.25) is 9.69 Å². The van der Waals surface area contributed by atoms with Crippen LogP contribution in [-0.2, 0) is 0 Å². The number of amides is 1. The molecule has 30 heavy (non-hydrogen) atoms. The van der Waals surface area contributed by atoms with E-state index in [9.17, 15) is 4.79 Å². The molecule has 0 saturated heterocycles. The van der Waals surface area contributed by atoms with Crippen molar-refractivity contribution in [3.8, 4) is 11.3 Å². The van der Waals surface area contributed by atoms with E-state index in [4.69, 9.17) is 4.98 Å². The first-order valence-corrected chi connectivity index (χ1v) is 11.5. The van der Waals surface area contributed by atoms with Crippen molar-refractivity contribution in [3.63, 3.8) is 0 Å². The second kappa shape index (κ2) is 8.12. The van der Waals surface area contributed by atoms with Crippen molar-refractivity contribution < 1.29 is 4.79 Å². The van der Waals surface area contributed by atoms with E-state index >= 15 is 0 Å². The van der Waals surface area contributed by atoms with Crippen LogP contribution in [0.25, 0.3) is 22.3 Å². The topological polar surface area (TPSA) is 63.1 Å². The molecular formula is C23H31N5OS. The van der Waals surface area contributed by atoms with Gasteiger partial charge in [0.15, 0.2) is 5.65 Å². The Labute approximate surface area is 182 Å². The zero-order chi connectivity index (χ0) is 21.6. The molecule has 1 N–H and O–H groups in total. The lowest BCUT2D eigenvalue weighted by molar-refractivity contribution is 0.0941. The number of aromatic nitrogens is 3. The number of hydrogen-bond donors (Lipinski definition) is 1. The fourth-order valence-electron chi connectivity index (χ4n) is 3.93. The quantitative estimate of drug-likeness (QED) is 0.602. The Balaban J connectivity index is 1.70. The Bertz CT molecular complexity index is 1080. The van der Waals surface area contributed by atoms with E-state index in [0.29, 0.717) is 24.2 Å². The van der Waals surface area contributed by atoms with Gasteiger partial charge in [0.2, 0.25) is 0 Å². The van der Waals surface area contributed by atoms with Crippen LogP contribution in [0.5, 0.6) is 0 Å². The summed E-state index contributed by atoms with van der Waals surface area (Å²) in [5.41, 5.74) is 3.33. The fraction of sp³-hybridized carbons (Fsp3) is 0.522. The summed E-state index contributed by atoms with van der Waals surface area (Å²) < 4.78 is 1.90. The average Bonchev–Trinajstić information content (AvgIpc) is 3.37. The van der Waals surface area contributed by atoms with Crippen molar-refractivity contribution in [2.24, 2.45) is 0 Å². The van der Waals surface area contributed by atoms with Crippen LogP contribution < -0.4 is 5.32 Å². The molecule has 1 amide bonds. The second-order valence-corrected chi connectivity index (χ2v) is 10.2. The number of nitrogens with one attached hydrogen (secondary N) is 1. The summed E-state index contributed by atoms with van der Waals surface area (Å²) >= 11 is 1.75. The van der Waals surface area contributed by atoms with Crippen molar-refractivity contribution in [3.05, 3.63) is 33.6 Å². The smallest absolute Gasteiger partial charge is 0.252 e. The number of hydrogen-bond acceptors (Lipinski definition) is 5. The predicted octanol–water partition coefficient (Wildman–Crippen LogP) is 4.57. The van der Waals surface area contributed by atoms with Crippen LogP contribution in [0.15, 0.2) is 18.3 Å². The predicted molar refractivity (Wildman–Crippen MR) is 123 cm³/mol. The van der Waals surface area contributed by atoms with Crippen LogP contribution >= 0.6 is 11.3 Å². The molecule has 0 aromatic carbocycles. The standard InChI is InChI=1S/C23H31N5OS/c1-13(2)28-22-20(12-25-28)19(10-21(26-22)18-9-15(4)30-16(18)5)23(29)24-11-14(3)27(6)17-7-8-17/h9-10,12-14,17H,7-8,11H2,1-6H3,(H,24,29). The largest absolute Gasteiger partial charge is 0.350 e. The summed E-state index contributed by atoms with van der Waals surface area (Å²) in [5.74, 6) is -0.0624. The van der Waals surface area contributed by atoms with Gasteiger partial charge in [-0.2, -0.15) is 5.10 Å². The third kappa shape index (κ3) is 4.01. The third-order valence-corrected chi connectivity index (χ3v) is 6.96. The fourth-order valence-corrected chi connectivity index (χ4v) is 4.86. The lowest BCUT2D eigenvalue weighted by atomic mass is 10.1. The molecule has 160 valence electrons. The molecule has 1 saturated carbocycles. The van der Waals surface area contributed by atoms with E-state index in [1.165, 1.54) is 22.6 Å². The molecule has 3 heterocycles. The number of rotatable bonds is 7. The highest BCUT2D eigenvalue weighted by Crippen LogP contribution is 2.32. The van der Waals surface area contributed by atoms with E-state index in [-0.39, 0.29) is 11.9 Å². The molecule has 6 nitrogen and oxygen atoms in total. The molecule has 0 spiro atoms. The van der Waals surface area contributed by atoms with E-state index in [1.807, 2.05) is 10.7 Å². The average molecular weight is 426 g/mol. The lowest BCUT2D eigenvalue weighted by Gasteiger charge is -2.24. The molecule has 1 aliphatic carbocycles. The Morgan fingerprint density at radius 2 is 2.03 bits per heavy atom. The van der Waals surface area contributed by atoms with Gasteiger partial charge in [0, 0.05) is 40.0 Å². The van der Waals surface area contributed by atoms with Crippen molar-refractivity contribution in [2.75, 3.05) is 13.6 Å². The molecule has 1 unspecified atom stereocenters. The third-order valence-electron chi connectivity index (χ3n) is 5.99. The molecule has 0 radical (unpaired) electrons. The number of pyridine rings is 1. The molecule has 1 fully saturated rings. The Hall–Kier alpha value is -2.25. The van der Waals surface area contributed by atoms with Gasteiger partial charge in [-0.05, 0) is 66.6 Å². The summed E-state index contributed by atoms with van der Waals surface area (Å²) in [7, 11) is 2.14. The van der Waals surface area contributed by atoms with Gasteiger partial charge < -0.3 is 5.32 Å². The molecule has 7 heteroatoms. The van der Waals surface area contributed by atoms with E-state index in [1.54, 1.807) is 17.5 Å². The first-order valence-electron chi connectivity index (χ1n) is 10.7. The molecule has 0 aliphatic heterocycles. The zero-order valence-corrected chi connectivity index (χ0v) is 19.5. The molecule has 0 bridgehead atoms. The van der Waals surface area contributed by atoms with Crippen LogP contribution in [0.3, 0.4) is 0 Å². The molecule has 1 aliphatic rings. The Morgan fingerprint density at radius 3 is 2.63 bits per heavy atom. The Kier molecular flexibility index (Phi) is 5.68. The summed E-state index contributed by atoms with van der Waals surface area (Å²) in [6.07, 6.45) is 4.29. The number of aryl methyl sites for hydroxylation is 2. The lowest BCUT2D eigenvalue weighted by Crippen LogP contribution is -2.41. The molecule has 4 rings (SSSR count). The van der Waals surface area contributed by atoms with Crippen LogP contribution in [0.2, 0.25) is 0 Å². The highest BCUT2D eigenvalue weighted by molar-refractivity contribution is 7.12. The Morgan fingerprint density at radius 1 is 1.30 bits per heavy atom. The SMILES string of the molecule is Cc1cc(-c2cc(C(=O)NCC(C)N(C)C3CC3)c3cnn(C(C)C)c3n2)c(C)s1. The zero-order valence-electron chi connectivity index (χ0n) is 18.7. The molecular weight excluding hydrogens is 394 g/mol. The van der Waals surface area contributed by atoms with E-state index < -0.39 is 0 Å². The van der Waals surface area contributed by atoms with Gasteiger partial charge in [-0.1, -0.05) is 0 Å². The summed E-state index contributed by atoms with van der Waals surface area (Å²) in [5, 5.41) is 8.48. The first-order chi connectivity index (χ1) is 14.3. The molecule has 3 aromatic heterocycles. The van der Waals surface area contributed by atoms with Gasteiger partial charge >= 0.3 is 0 Å². The number of thiophene rings is 1. The van der Waals surface area contributed by atoms with Gasteiger partial charge in [0.1, 0.15) is 0 Å². The highest BCUT2D eigenvalue weighted by Gasteiger charge is 2.29. The van der Waals surface area contributed by atoms with E-state index in [0.717, 1.165) is 22.3 Å². The normalized spacial score (nSPS) is 15.3. The van der Waals surface area contributed by atoms with Crippen LogP contribution in [0.4, 0.5) is 0 Å². The minimum atomic E-state index is -0.0624. The van der Waals surface area contributed by atoms with E-state index in [2.05, 4.69) is 63.0 Å². The summed E-state index contributed by atoms with van der Waals surface area (Å²) in [4.78, 5) is 23.0. The van der Waals surface area contributed by atoms with Crippen molar-refractivity contribution in [2.45, 2.75) is 65.6 Å². The monoisotopic (exact) mass is 425 g/mol. The maximum absolute atomic E-state index is 13.2. The van der Waals surface area contributed by atoms with Gasteiger partial charge in [0.25, 0.3) is 5.91 Å². The number of nitrogens with zero attached hydrogens (tertiary/aromatic N) is 4. The van der Waals surface area contributed by atoms with Crippen LogP contribution in [0.1, 0.15) is 59.8 Å². The van der Waals surface area contributed by atoms with Gasteiger partial charge in [0.05, 0.1) is 22.8 Å². The number of likely N-dealkylation sites (N-methyl/N-ethyl adjacent to an activating group) is 1. The molecule has 1 atom stereocenters. The maximum Gasteiger partial charge on any atom is 0.252 e. The van der Waals surface area contributed by atoms with Crippen LogP contribution in [0, 0.1) is 13.8 Å². The van der Waals surface area contributed by atoms with Crippen molar-refractivity contribution in [1.29, 1.82) is 0 Å². The van der Waals surface area contributed by atoms with Crippen LogP contribution in [-0.4, -0.2) is 51.2 Å².